The lowest BCUT2D eigenvalue weighted by Crippen LogP contribution is -2.54. The SMILES string of the molecule is C[C@@H]1Nc2nc(N)[nH]c(=O)c2NC1[C@@H](C)N(C)c1ccc(C[C@H](O)[C@H](O)[C@H](O)CO[C@H]2O[C@H](COP(=O)(O)O[C@@H](CCC(=O)O)C(=O)O)[C@@H](O)[C@H]2O)cc1. The number of phosphoric acid groups is 1. The van der Waals surface area contributed by atoms with Crippen molar-refractivity contribution in [1.82, 2.24) is 9.97 Å². The highest BCUT2D eigenvalue weighted by atomic mass is 31.2. The molecule has 12 atom stereocenters. The summed E-state index contributed by atoms with van der Waals surface area (Å²) in [6, 6.07) is 6.64. The number of nitrogens with one attached hydrogen (secondary N) is 3. The van der Waals surface area contributed by atoms with Crippen molar-refractivity contribution in [2.75, 3.05) is 41.5 Å². The van der Waals surface area contributed by atoms with Gasteiger partial charge in [-0.05, 0) is 38.0 Å². The van der Waals surface area contributed by atoms with Gasteiger partial charge in [-0.15, -0.1) is 0 Å². The number of aromatic nitrogens is 2. The van der Waals surface area contributed by atoms with Crippen LogP contribution in [-0.2, 0) is 39.1 Å². The third-order valence-corrected chi connectivity index (χ3v) is 10.2. The van der Waals surface area contributed by atoms with Crippen LogP contribution in [0.5, 0.6) is 0 Å². The first kappa shape index (κ1) is 42.8. The summed E-state index contributed by atoms with van der Waals surface area (Å²) in [6.07, 6.45) is -14.9. The number of nitrogen functional groups attached to an aromatic ring is 1. The molecule has 13 N–H and O–H groups in total. The molecule has 2 aliphatic heterocycles. The summed E-state index contributed by atoms with van der Waals surface area (Å²) in [6.45, 7) is 2.35. The van der Waals surface area contributed by atoms with Gasteiger partial charge in [0.15, 0.2) is 18.2 Å². The Morgan fingerprint density at radius 1 is 1.09 bits per heavy atom. The molecule has 0 amide bonds. The van der Waals surface area contributed by atoms with Crippen LogP contribution in [0.4, 0.5) is 23.1 Å². The molecule has 23 heteroatoms. The average molecular weight is 791 g/mol. The van der Waals surface area contributed by atoms with Gasteiger partial charge in [0.05, 0.1) is 25.4 Å². The minimum Gasteiger partial charge on any atom is -0.481 e. The van der Waals surface area contributed by atoms with Crippen molar-refractivity contribution in [1.29, 1.82) is 0 Å². The van der Waals surface area contributed by atoms with Gasteiger partial charge in [-0.2, -0.15) is 4.98 Å². The Morgan fingerprint density at radius 2 is 1.76 bits per heavy atom. The second-order valence-electron chi connectivity index (χ2n) is 13.1. The van der Waals surface area contributed by atoms with E-state index in [4.69, 9.17) is 25.4 Å². The molecule has 1 aromatic heterocycles. The molecule has 1 fully saturated rings. The normalized spacial score (nSPS) is 26.2. The van der Waals surface area contributed by atoms with Gasteiger partial charge in [0, 0.05) is 37.7 Å². The first-order chi connectivity index (χ1) is 25.3. The fourth-order valence-corrected chi connectivity index (χ4v) is 6.86. The van der Waals surface area contributed by atoms with E-state index in [0.29, 0.717) is 11.4 Å². The molecule has 0 saturated carbocycles. The molecule has 2 unspecified atom stereocenters. The van der Waals surface area contributed by atoms with Crippen molar-refractivity contribution in [3.8, 4) is 0 Å². The number of anilines is 4. The number of nitrogens with two attached hydrogens (primary N) is 1. The zero-order valence-electron chi connectivity index (χ0n) is 29.5. The molecular weight excluding hydrogens is 743 g/mol. The number of phosphoric ester groups is 1. The van der Waals surface area contributed by atoms with Crippen LogP contribution in [0.1, 0.15) is 32.3 Å². The number of aliphatic hydroxyl groups is 5. The largest absolute Gasteiger partial charge is 0.481 e. The number of aliphatic carboxylic acids is 2. The fraction of sp³-hybridized carbons (Fsp3) is 0.613. The van der Waals surface area contributed by atoms with Gasteiger partial charge in [-0.25, -0.2) is 9.36 Å². The van der Waals surface area contributed by atoms with Gasteiger partial charge in [-0.3, -0.25) is 23.6 Å². The number of carboxylic acids is 2. The number of aliphatic hydroxyl groups excluding tert-OH is 5. The topological polar surface area (TPSA) is 349 Å². The number of H-pyrrole nitrogens is 1. The lowest BCUT2D eigenvalue weighted by molar-refractivity contribution is -0.192. The second kappa shape index (κ2) is 18.1. The molecular formula is C31H47N6O16P. The highest BCUT2D eigenvalue weighted by Gasteiger charge is 2.45. The van der Waals surface area contributed by atoms with Crippen LogP contribution in [0.3, 0.4) is 0 Å². The van der Waals surface area contributed by atoms with Crippen LogP contribution >= 0.6 is 7.82 Å². The number of carbonyl (C=O) groups is 2. The number of ether oxygens (including phenoxy) is 2. The lowest BCUT2D eigenvalue weighted by Gasteiger charge is -2.40. The van der Waals surface area contributed by atoms with Crippen molar-refractivity contribution < 1.29 is 73.3 Å². The first-order valence-corrected chi connectivity index (χ1v) is 18.3. The molecule has 4 rings (SSSR count). The summed E-state index contributed by atoms with van der Waals surface area (Å²) in [5, 5.41) is 76.7. The smallest absolute Gasteiger partial charge is 0.473 e. The van der Waals surface area contributed by atoms with Gasteiger partial charge in [0.25, 0.3) is 5.56 Å². The van der Waals surface area contributed by atoms with Crippen LogP contribution in [0.25, 0.3) is 0 Å². The molecule has 1 saturated heterocycles. The summed E-state index contributed by atoms with van der Waals surface area (Å²) < 4.78 is 32.0. The third-order valence-electron chi connectivity index (χ3n) is 9.17. The number of aromatic amines is 1. The number of benzene rings is 1. The third kappa shape index (κ3) is 10.9. The Kier molecular flexibility index (Phi) is 14.4. The standard InChI is InChI=1S/C31H47N6O16P/c1-13-22(34-23-27(33-13)35-31(32)36-28(23)45)14(2)37(3)16-6-4-15(5-7-16)10-17(38)24(42)18(39)11-50-30-26(44)25(43)20(52-30)12-51-54(48,49)53-19(29(46)47)8-9-21(40)41/h4-7,13-14,17-20,22,24-26,30,34,38-39,42-44H,8-12H2,1-3H3,(H,40,41)(H,46,47)(H,48,49)(H4,32,33,35,36,45)/t13-,14+,17-,18+,19-,20+,22?,24-,25+,26+,30-/m0/s1. The summed E-state index contributed by atoms with van der Waals surface area (Å²) in [4.78, 5) is 52.9. The molecule has 3 heterocycles. The van der Waals surface area contributed by atoms with E-state index in [9.17, 15) is 49.4 Å². The van der Waals surface area contributed by atoms with Crippen LogP contribution in [0.2, 0.25) is 0 Å². The number of rotatable bonds is 19. The summed E-state index contributed by atoms with van der Waals surface area (Å²) in [7, 11) is -3.23. The Labute approximate surface area is 308 Å². The van der Waals surface area contributed by atoms with Crippen molar-refractivity contribution in [2.45, 2.75) is 100 Å². The minimum atomic E-state index is -5.11. The Bertz CT molecular complexity index is 1700. The quantitative estimate of drug-likeness (QED) is 0.0685. The van der Waals surface area contributed by atoms with Gasteiger partial charge < -0.3 is 71.4 Å². The number of nitrogens with zero attached hydrogens (tertiary/aromatic N) is 2. The van der Waals surface area contributed by atoms with Crippen molar-refractivity contribution in [2.24, 2.45) is 0 Å². The zero-order valence-corrected chi connectivity index (χ0v) is 30.4. The maximum absolute atomic E-state index is 12.4. The Balaban J connectivity index is 1.24. The molecule has 0 spiro atoms. The summed E-state index contributed by atoms with van der Waals surface area (Å²) in [5.41, 5.74) is 6.99. The maximum Gasteiger partial charge on any atom is 0.473 e. The molecule has 1 aromatic carbocycles. The molecule has 2 aromatic rings. The van der Waals surface area contributed by atoms with Crippen molar-refractivity contribution >= 4 is 42.9 Å². The van der Waals surface area contributed by atoms with Gasteiger partial charge >= 0.3 is 19.8 Å². The van der Waals surface area contributed by atoms with Crippen LogP contribution < -0.4 is 26.8 Å². The number of hydrogen-bond acceptors (Lipinski definition) is 18. The van der Waals surface area contributed by atoms with E-state index in [2.05, 4.69) is 29.6 Å². The van der Waals surface area contributed by atoms with E-state index >= 15 is 0 Å². The maximum atomic E-state index is 12.4. The van der Waals surface area contributed by atoms with Crippen molar-refractivity contribution in [3.05, 3.63) is 40.2 Å². The number of hydrogen-bond donors (Lipinski definition) is 12. The minimum absolute atomic E-state index is 0.00330. The molecule has 22 nitrogen and oxygen atoms in total. The number of likely N-dealkylation sites (N-methyl/N-ethyl adjacent to an activating group) is 1. The van der Waals surface area contributed by atoms with Crippen molar-refractivity contribution in [3.63, 3.8) is 0 Å². The highest BCUT2D eigenvalue weighted by molar-refractivity contribution is 7.47. The first-order valence-electron chi connectivity index (χ1n) is 16.8. The van der Waals surface area contributed by atoms with Crippen LogP contribution in [0, 0.1) is 0 Å². The predicted octanol–water partition coefficient (Wildman–Crippen LogP) is -1.99. The van der Waals surface area contributed by atoms with Gasteiger partial charge in [0.2, 0.25) is 5.95 Å². The summed E-state index contributed by atoms with van der Waals surface area (Å²) in [5.74, 6) is -2.71. The van der Waals surface area contributed by atoms with E-state index in [1.165, 1.54) is 0 Å². The Morgan fingerprint density at radius 3 is 2.39 bits per heavy atom. The van der Waals surface area contributed by atoms with Crippen LogP contribution in [-0.4, -0.2) is 150 Å². The monoisotopic (exact) mass is 790 g/mol. The van der Waals surface area contributed by atoms with Gasteiger partial charge in [-0.1, -0.05) is 12.1 Å². The van der Waals surface area contributed by atoms with E-state index < -0.39 is 100 Å². The molecule has 0 radical (unpaired) electrons. The molecule has 0 aliphatic carbocycles. The van der Waals surface area contributed by atoms with E-state index in [1.807, 2.05) is 37.9 Å². The predicted molar refractivity (Wildman–Crippen MR) is 188 cm³/mol. The number of fused-ring (bicyclic) bond motifs is 1. The zero-order chi connectivity index (χ0) is 40.1. The summed E-state index contributed by atoms with van der Waals surface area (Å²) >= 11 is 0. The fourth-order valence-electron chi connectivity index (χ4n) is 5.94. The van der Waals surface area contributed by atoms with E-state index in [1.54, 1.807) is 12.1 Å². The molecule has 2 aliphatic rings. The lowest BCUT2D eigenvalue weighted by atomic mass is 9.97. The average Bonchev–Trinajstić information content (AvgIpc) is 3.38. The van der Waals surface area contributed by atoms with E-state index in [0.717, 1.165) is 5.69 Å². The van der Waals surface area contributed by atoms with E-state index in [-0.39, 0.29) is 36.2 Å². The molecule has 302 valence electrons. The molecule has 0 bridgehead atoms. The second-order valence-corrected chi connectivity index (χ2v) is 14.5. The highest BCUT2D eigenvalue weighted by Crippen LogP contribution is 2.46. The van der Waals surface area contributed by atoms with Crippen LogP contribution in [0.15, 0.2) is 29.1 Å². The van der Waals surface area contributed by atoms with Gasteiger partial charge in [0.1, 0.15) is 36.2 Å². The number of carboxylic acid groups (broad SMARTS) is 2. The molecule has 54 heavy (non-hydrogen) atoms. The Hall–Kier alpha value is -3.93.